The largest absolute Gasteiger partial charge is 0.496 e. The zero-order chi connectivity index (χ0) is 21.3. The molecule has 1 aromatic carbocycles. The van der Waals surface area contributed by atoms with Crippen LogP contribution in [0.25, 0.3) is 11.0 Å². The molecule has 10 nitrogen and oxygen atoms in total. The van der Waals surface area contributed by atoms with Gasteiger partial charge in [0.25, 0.3) is 0 Å². The molecule has 0 bridgehead atoms. The van der Waals surface area contributed by atoms with Gasteiger partial charge < -0.3 is 14.0 Å². The van der Waals surface area contributed by atoms with Gasteiger partial charge in [-0.2, -0.15) is 5.10 Å². The number of anilines is 1. The summed E-state index contributed by atoms with van der Waals surface area (Å²) >= 11 is 0. The molecule has 0 saturated heterocycles. The maximum absolute atomic E-state index is 12.8. The van der Waals surface area contributed by atoms with Crippen LogP contribution in [0.2, 0.25) is 0 Å². The van der Waals surface area contributed by atoms with Gasteiger partial charge >= 0.3 is 0 Å². The van der Waals surface area contributed by atoms with Crippen LogP contribution < -0.4 is 9.46 Å². The lowest BCUT2D eigenvalue weighted by Gasteiger charge is -2.17. The third kappa shape index (κ3) is 3.54. The maximum Gasteiger partial charge on any atom is 0.248 e. The number of allylic oxidation sites excluding steroid dienone is 3. The Balaban J connectivity index is 1.67. The summed E-state index contributed by atoms with van der Waals surface area (Å²) in [5.74, 6) is -0.411. The monoisotopic (exact) mass is 430 g/mol. The fraction of sp³-hybridized carbons (Fsp3) is 0.211. The number of carbonyl (C=O) groups excluding carboxylic acids is 1. The van der Waals surface area contributed by atoms with Crippen LogP contribution >= 0.6 is 0 Å². The van der Waals surface area contributed by atoms with Gasteiger partial charge in [0, 0.05) is 12.4 Å². The van der Waals surface area contributed by atoms with Crippen LogP contribution in [0.5, 0.6) is 5.75 Å². The van der Waals surface area contributed by atoms with Gasteiger partial charge in [-0.05, 0) is 29.8 Å². The van der Waals surface area contributed by atoms with E-state index in [2.05, 4.69) is 15.0 Å². The molecule has 1 aliphatic rings. The molecule has 1 N–H and O–H groups in total. The van der Waals surface area contributed by atoms with Crippen molar-refractivity contribution in [2.45, 2.75) is 11.8 Å². The highest BCUT2D eigenvalue weighted by molar-refractivity contribution is 7.94. The molecule has 0 saturated carbocycles. The van der Waals surface area contributed by atoms with E-state index in [-0.39, 0.29) is 11.6 Å². The number of rotatable bonds is 7. The average Bonchev–Trinajstić information content (AvgIpc) is 3.37. The number of nitrogens with one attached hydrogen (secondary N) is 1. The summed E-state index contributed by atoms with van der Waals surface area (Å²) in [6.45, 7) is 0.467. The number of aromatic nitrogens is 3. The number of methoxy groups -OCH3 is 2. The van der Waals surface area contributed by atoms with Crippen LogP contribution in [-0.2, 0) is 26.1 Å². The number of nitrogens with zero attached hydrogens (tertiary/aromatic N) is 3. The first-order chi connectivity index (χ1) is 14.4. The number of Topliss-reactive ketones (excluding diaryl/α,β-unsaturated/α-hetero) is 1. The van der Waals surface area contributed by atoms with Crippen molar-refractivity contribution >= 4 is 32.6 Å². The van der Waals surface area contributed by atoms with E-state index in [9.17, 15) is 13.2 Å². The Morgan fingerprint density at radius 3 is 2.80 bits per heavy atom. The van der Waals surface area contributed by atoms with Crippen molar-refractivity contribution in [1.29, 1.82) is 0 Å². The molecule has 0 amide bonds. The first-order valence-electron chi connectivity index (χ1n) is 8.85. The Labute approximate surface area is 171 Å². The fourth-order valence-corrected chi connectivity index (χ4v) is 4.39. The van der Waals surface area contributed by atoms with Crippen molar-refractivity contribution < 1.29 is 27.2 Å². The van der Waals surface area contributed by atoms with E-state index in [1.165, 1.54) is 32.4 Å². The highest BCUT2D eigenvalue weighted by Gasteiger charge is 2.35. The summed E-state index contributed by atoms with van der Waals surface area (Å²) < 4.78 is 45.4. The van der Waals surface area contributed by atoms with Crippen LogP contribution in [-0.4, -0.2) is 48.6 Å². The zero-order valence-corrected chi connectivity index (χ0v) is 16.9. The van der Waals surface area contributed by atoms with Gasteiger partial charge in [-0.3, -0.25) is 14.2 Å². The number of carbonyl (C=O) groups is 1. The minimum Gasteiger partial charge on any atom is -0.496 e. The number of ketones is 1. The lowest BCUT2D eigenvalue weighted by molar-refractivity contribution is -0.117. The second-order valence-corrected chi connectivity index (χ2v) is 8.26. The number of hydrogen-bond acceptors (Lipinski definition) is 8. The first kappa shape index (κ1) is 19.7. The van der Waals surface area contributed by atoms with Crippen molar-refractivity contribution in [3.05, 3.63) is 60.1 Å². The van der Waals surface area contributed by atoms with Gasteiger partial charge in [0.1, 0.15) is 11.1 Å². The van der Waals surface area contributed by atoms with Crippen LogP contribution in [0.15, 0.2) is 59.1 Å². The molecule has 3 aromatic rings. The SMILES string of the molecule is COC1=CC=CC(S(=O)(=O)Nc2noc3cc(Cn4cccn4)cc(OC)c23)C1=O. The van der Waals surface area contributed by atoms with Crippen molar-refractivity contribution in [2.24, 2.45) is 0 Å². The Morgan fingerprint density at radius 1 is 1.27 bits per heavy atom. The number of hydrogen-bond donors (Lipinski definition) is 1. The second kappa shape index (κ2) is 7.67. The average molecular weight is 430 g/mol. The lowest BCUT2D eigenvalue weighted by atomic mass is 10.1. The quantitative estimate of drug-likeness (QED) is 0.602. The summed E-state index contributed by atoms with van der Waals surface area (Å²) in [6, 6.07) is 5.28. The Bertz CT molecular complexity index is 1260. The van der Waals surface area contributed by atoms with E-state index < -0.39 is 21.1 Å². The highest BCUT2D eigenvalue weighted by atomic mass is 32.2. The number of ether oxygens (including phenoxy) is 2. The highest BCUT2D eigenvalue weighted by Crippen LogP contribution is 2.35. The molecule has 0 spiro atoms. The molecule has 0 fully saturated rings. The number of sulfonamides is 1. The maximum atomic E-state index is 12.8. The van der Waals surface area contributed by atoms with E-state index in [4.69, 9.17) is 14.0 Å². The molecule has 11 heteroatoms. The van der Waals surface area contributed by atoms with Gasteiger partial charge in [0.15, 0.2) is 22.4 Å². The molecule has 1 unspecified atom stereocenters. The Hall–Kier alpha value is -3.60. The predicted octanol–water partition coefficient (Wildman–Crippen LogP) is 1.86. The van der Waals surface area contributed by atoms with Crippen LogP contribution in [0.3, 0.4) is 0 Å². The topological polar surface area (TPSA) is 126 Å². The van der Waals surface area contributed by atoms with Crippen molar-refractivity contribution in [1.82, 2.24) is 14.9 Å². The molecule has 1 atom stereocenters. The standard InChI is InChI=1S/C19H18N4O6S/c1-27-13-5-3-6-16(18(13)24)30(25,26)22-19-17-14(28-2)9-12(10-15(17)29-21-19)11-23-8-4-7-20-23/h3-10,16H,11H2,1-2H3,(H,21,22). The van der Waals surface area contributed by atoms with Gasteiger partial charge in [-0.25, -0.2) is 8.42 Å². The van der Waals surface area contributed by atoms with Gasteiger partial charge in [-0.1, -0.05) is 17.3 Å². The van der Waals surface area contributed by atoms with E-state index in [1.54, 1.807) is 23.0 Å². The van der Waals surface area contributed by atoms with Crippen molar-refractivity contribution in [3.8, 4) is 5.75 Å². The lowest BCUT2D eigenvalue weighted by Crippen LogP contribution is -2.36. The normalized spacial score (nSPS) is 16.5. The smallest absolute Gasteiger partial charge is 0.248 e. The molecule has 4 rings (SSSR count). The van der Waals surface area contributed by atoms with Crippen LogP contribution in [0.4, 0.5) is 5.82 Å². The molecular weight excluding hydrogens is 412 g/mol. The molecule has 0 aliphatic heterocycles. The zero-order valence-electron chi connectivity index (χ0n) is 16.1. The molecule has 0 radical (unpaired) electrons. The second-order valence-electron chi connectivity index (χ2n) is 6.46. The minimum absolute atomic E-state index is 0.0428. The van der Waals surface area contributed by atoms with E-state index in [1.807, 2.05) is 12.3 Å². The van der Waals surface area contributed by atoms with Crippen molar-refractivity contribution in [2.75, 3.05) is 18.9 Å². The van der Waals surface area contributed by atoms with Crippen LogP contribution in [0.1, 0.15) is 5.56 Å². The first-order valence-corrected chi connectivity index (χ1v) is 10.4. The van der Waals surface area contributed by atoms with E-state index in [0.717, 1.165) is 5.56 Å². The minimum atomic E-state index is -4.17. The Kier molecular flexibility index (Phi) is 5.04. The van der Waals surface area contributed by atoms with Crippen LogP contribution in [0, 0.1) is 0 Å². The summed E-state index contributed by atoms with van der Waals surface area (Å²) in [5, 5.41) is 6.89. The van der Waals surface area contributed by atoms with Gasteiger partial charge in [0.2, 0.25) is 15.8 Å². The summed E-state index contributed by atoms with van der Waals surface area (Å²) in [5.41, 5.74) is 1.16. The van der Waals surface area contributed by atoms with E-state index >= 15 is 0 Å². The van der Waals surface area contributed by atoms with Gasteiger partial charge in [0.05, 0.1) is 20.8 Å². The van der Waals surface area contributed by atoms with Crippen molar-refractivity contribution in [3.63, 3.8) is 0 Å². The molecule has 156 valence electrons. The molecule has 1 aliphatic carbocycles. The summed E-state index contributed by atoms with van der Waals surface area (Å²) in [7, 11) is -1.40. The molecule has 2 aromatic heterocycles. The number of benzene rings is 1. The number of fused-ring (bicyclic) bond motifs is 1. The summed E-state index contributed by atoms with van der Waals surface area (Å²) in [6.07, 6.45) is 7.61. The third-order valence-electron chi connectivity index (χ3n) is 4.55. The fourth-order valence-electron chi connectivity index (χ4n) is 3.16. The third-order valence-corrected chi connectivity index (χ3v) is 6.07. The molecule has 30 heavy (non-hydrogen) atoms. The van der Waals surface area contributed by atoms with E-state index in [0.29, 0.717) is 23.3 Å². The summed E-state index contributed by atoms with van der Waals surface area (Å²) in [4.78, 5) is 12.4. The van der Waals surface area contributed by atoms with Gasteiger partial charge in [-0.15, -0.1) is 0 Å². The molecular formula is C19H18N4O6S. The Morgan fingerprint density at radius 2 is 2.10 bits per heavy atom. The predicted molar refractivity (Wildman–Crippen MR) is 107 cm³/mol. The molecule has 2 heterocycles.